The van der Waals surface area contributed by atoms with Gasteiger partial charge in [0.15, 0.2) is 0 Å². The number of anilines is 1. The molecule has 0 atom stereocenters. The second-order valence-corrected chi connectivity index (χ2v) is 8.52. The predicted molar refractivity (Wildman–Crippen MR) is 116 cm³/mol. The molecule has 0 radical (unpaired) electrons. The molecule has 0 aromatic carbocycles. The van der Waals surface area contributed by atoms with Crippen molar-refractivity contribution in [3.05, 3.63) is 58.8 Å². The standard InChI is InChI=1S/C22H25N5OS/c1-15(2)25-22-24-14-18(16-5-9-23-10-6-16)20(26-22)17-7-11-27(12-8-17)21(28)19-4-3-13-29-19/h3-6,9-10,13-15,17H,7-8,11-12H2,1-2H3,(H,24,25,26). The minimum Gasteiger partial charge on any atom is -0.352 e. The molecule has 4 rings (SSSR count). The van der Waals surface area contributed by atoms with E-state index in [4.69, 9.17) is 4.98 Å². The topological polar surface area (TPSA) is 71.0 Å². The summed E-state index contributed by atoms with van der Waals surface area (Å²) >= 11 is 1.50. The average Bonchev–Trinajstić information content (AvgIpc) is 3.28. The van der Waals surface area contributed by atoms with Crippen LogP contribution in [0.3, 0.4) is 0 Å². The molecule has 0 aliphatic carbocycles. The highest BCUT2D eigenvalue weighted by atomic mass is 32.1. The molecule has 3 aromatic heterocycles. The lowest BCUT2D eigenvalue weighted by molar-refractivity contribution is 0.0717. The number of aromatic nitrogens is 3. The third-order valence-corrected chi connectivity index (χ3v) is 5.99. The summed E-state index contributed by atoms with van der Waals surface area (Å²) in [6.45, 7) is 5.64. The van der Waals surface area contributed by atoms with Crippen LogP contribution in [0, 0.1) is 0 Å². The number of carbonyl (C=O) groups excluding carboxylic acids is 1. The highest BCUT2D eigenvalue weighted by molar-refractivity contribution is 7.12. The van der Waals surface area contributed by atoms with Crippen molar-refractivity contribution in [2.75, 3.05) is 18.4 Å². The van der Waals surface area contributed by atoms with Crippen LogP contribution in [0.2, 0.25) is 0 Å². The zero-order valence-electron chi connectivity index (χ0n) is 16.7. The summed E-state index contributed by atoms with van der Waals surface area (Å²) in [7, 11) is 0. The molecule has 150 valence electrons. The van der Waals surface area contributed by atoms with Crippen LogP contribution in [-0.4, -0.2) is 44.9 Å². The Balaban J connectivity index is 1.57. The van der Waals surface area contributed by atoms with E-state index in [1.807, 2.05) is 40.7 Å². The van der Waals surface area contributed by atoms with Crippen LogP contribution < -0.4 is 5.32 Å². The molecule has 29 heavy (non-hydrogen) atoms. The smallest absolute Gasteiger partial charge is 0.263 e. The van der Waals surface area contributed by atoms with E-state index in [0.717, 1.165) is 47.6 Å². The molecule has 1 fully saturated rings. The maximum atomic E-state index is 12.7. The van der Waals surface area contributed by atoms with Crippen molar-refractivity contribution < 1.29 is 4.79 Å². The fraction of sp³-hybridized carbons (Fsp3) is 0.364. The normalized spacial score (nSPS) is 14.9. The quantitative estimate of drug-likeness (QED) is 0.677. The first-order chi connectivity index (χ1) is 14.1. The summed E-state index contributed by atoms with van der Waals surface area (Å²) in [5.74, 6) is 1.09. The van der Waals surface area contributed by atoms with Crippen molar-refractivity contribution in [2.24, 2.45) is 0 Å². The maximum Gasteiger partial charge on any atom is 0.263 e. The van der Waals surface area contributed by atoms with Gasteiger partial charge < -0.3 is 10.2 Å². The Morgan fingerprint density at radius 2 is 1.97 bits per heavy atom. The summed E-state index contributed by atoms with van der Waals surface area (Å²) in [6, 6.07) is 8.07. The van der Waals surface area contributed by atoms with Crippen LogP contribution in [0.15, 0.2) is 48.2 Å². The third kappa shape index (κ3) is 4.45. The van der Waals surface area contributed by atoms with E-state index in [0.29, 0.717) is 11.9 Å². The first kappa shape index (κ1) is 19.5. The van der Waals surface area contributed by atoms with E-state index < -0.39 is 0 Å². The molecule has 1 N–H and O–H groups in total. The van der Waals surface area contributed by atoms with E-state index in [1.54, 1.807) is 12.4 Å². The summed E-state index contributed by atoms with van der Waals surface area (Å²) in [5, 5.41) is 5.26. The predicted octanol–water partition coefficient (Wildman–Crippen LogP) is 4.44. The Labute approximate surface area is 175 Å². The molecule has 1 aliphatic rings. The monoisotopic (exact) mass is 407 g/mol. The van der Waals surface area contributed by atoms with Gasteiger partial charge >= 0.3 is 0 Å². The van der Waals surface area contributed by atoms with Crippen molar-refractivity contribution in [1.82, 2.24) is 19.9 Å². The van der Waals surface area contributed by atoms with E-state index in [2.05, 4.69) is 29.1 Å². The minimum atomic E-state index is 0.137. The zero-order chi connectivity index (χ0) is 20.2. The Kier molecular flexibility index (Phi) is 5.85. The summed E-state index contributed by atoms with van der Waals surface area (Å²) in [6.07, 6.45) is 7.29. The number of pyridine rings is 1. The van der Waals surface area contributed by atoms with Gasteiger partial charge in [0.2, 0.25) is 5.95 Å². The van der Waals surface area contributed by atoms with Crippen LogP contribution in [0.4, 0.5) is 5.95 Å². The minimum absolute atomic E-state index is 0.137. The lowest BCUT2D eigenvalue weighted by Gasteiger charge is -2.32. The number of thiophene rings is 1. The number of nitrogens with one attached hydrogen (secondary N) is 1. The number of amides is 1. The number of likely N-dealkylation sites (tertiary alicyclic amines) is 1. The fourth-order valence-electron chi connectivity index (χ4n) is 3.70. The molecule has 0 spiro atoms. The largest absolute Gasteiger partial charge is 0.352 e. The Hall–Kier alpha value is -2.80. The summed E-state index contributed by atoms with van der Waals surface area (Å²) in [4.78, 5) is 29.0. The molecule has 0 unspecified atom stereocenters. The van der Waals surface area contributed by atoms with Crippen molar-refractivity contribution in [3.63, 3.8) is 0 Å². The Morgan fingerprint density at radius 1 is 1.21 bits per heavy atom. The third-order valence-electron chi connectivity index (χ3n) is 5.13. The summed E-state index contributed by atoms with van der Waals surface area (Å²) < 4.78 is 0. The van der Waals surface area contributed by atoms with Crippen molar-refractivity contribution >= 4 is 23.2 Å². The van der Waals surface area contributed by atoms with Gasteiger partial charge in [0.1, 0.15) is 0 Å². The average molecular weight is 408 g/mol. The lowest BCUT2D eigenvalue weighted by atomic mass is 9.89. The molecule has 1 saturated heterocycles. The van der Waals surface area contributed by atoms with Crippen LogP contribution in [0.25, 0.3) is 11.1 Å². The van der Waals surface area contributed by atoms with Crippen LogP contribution in [-0.2, 0) is 0 Å². The van der Waals surface area contributed by atoms with Gasteiger partial charge in [-0.05, 0) is 55.8 Å². The van der Waals surface area contributed by atoms with Crippen LogP contribution in [0.5, 0.6) is 0 Å². The number of hydrogen-bond donors (Lipinski definition) is 1. The van der Waals surface area contributed by atoms with E-state index in [-0.39, 0.29) is 11.9 Å². The highest BCUT2D eigenvalue weighted by Crippen LogP contribution is 2.34. The van der Waals surface area contributed by atoms with Gasteiger partial charge in [-0.2, -0.15) is 0 Å². The van der Waals surface area contributed by atoms with E-state index in [1.165, 1.54) is 11.3 Å². The van der Waals surface area contributed by atoms with Crippen molar-refractivity contribution in [2.45, 2.75) is 38.6 Å². The van der Waals surface area contributed by atoms with E-state index >= 15 is 0 Å². The number of nitrogens with zero attached hydrogens (tertiary/aromatic N) is 4. The Morgan fingerprint density at radius 3 is 2.62 bits per heavy atom. The van der Waals surface area contributed by atoms with Gasteiger partial charge in [0.25, 0.3) is 5.91 Å². The second kappa shape index (κ2) is 8.69. The molecule has 7 heteroatoms. The fourth-order valence-corrected chi connectivity index (χ4v) is 4.39. The second-order valence-electron chi connectivity index (χ2n) is 7.57. The Bertz CT molecular complexity index is 951. The SMILES string of the molecule is CC(C)Nc1ncc(-c2ccncc2)c(C2CCN(C(=O)c3cccs3)CC2)n1. The van der Waals surface area contributed by atoms with Gasteiger partial charge in [-0.15, -0.1) is 11.3 Å². The molecule has 1 aliphatic heterocycles. The van der Waals surface area contributed by atoms with Crippen LogP contribution in [0.1, 0.15) is 48.0 Å². The lowest BCUT2D eigenvalue weighted by Crippen LogP contribution is -2.37. The molecular formula is C22H25N5OS. The zero-order valence-corrected chi connectivity index (χ0v) is 17.5. The maximum absolute atomic E-state index is 12.7. The molecule has 6 nitrogen and oxygen atoms in total. The van der Waals surface area contributed by atoms with E-state index in [9.17, 15) is 4.79 Å². The molecule has 3 aromatic rings. The van der Waals surface area contributed by atoms with Crippen molar-refractivity contribution in [1.29, 1.82) is 0 Å². The van der Waals surface area contributed by atoms with Gasteiger partial charge in [0, 0.05) is 49.2 Å². The van der Waals surface area contributed by atoms with Crippen LogP contribution >= 0.6 is 11.3 Å². The molecular weight excluding hydrogens is 382 g/mol. The number of rotatable bonds is 5. The van der Waals surface area contributed by atoms with Gasteiger partial charge in [0.05, 0.1) is 10.6 Å². The number of carbonyl (C=O) groups is 1. The highest BCUT2D eigenvalue weighted by Gasteiger charge is 2.28. The molecule has 1 amide bonds. The summed E-state index contributed by atoms with van der Waals surface area (Å²) in [5.41, 5.74) is 3.17. The molecule has 4 heterocycles. The van der Waals surface area contributed by atoms with Gasteiger partial charge in [-0.1, -0.05) is 6.07 Å². The molecule has 0 saturated carbocycles. The van der Waals surface area contributed by atoms with Gasteiger partial charge in [-0.25, -0.2) is 9.97 Å². The number of piperidine rings is 1. The first-order valence-corrected chi connectivity index (χ1v) is 10.9. The van der Waals surface area contributed by atoms with Crippen molar-refractivity contribution in [3.8, 4) is 11.1 Å². The molecule has 0 bridgehead atoms. The van der Waals surface area contributed by atoms with Gasteiger partial charge in [-0.3, -0.25) is 9.78 Å². The first-order valence-electron chi connectivity index (χ1n) is 9.98. The number of hydrogen-bond acceptors (Lipinski definition) is 6.